The smallest absolute Gasteiger partial charge is 0.253 e. The summed E-state index contributed by atoms with van der Waals surface area (Å²) in [5.74, 6) is 1.06. The molecular formula is C23H28N2O4. The summed E-state index contributed by atoms with van der Waals surface area (Å²) in [6.07, 6.45) is 0.0491. The highest BCUT2D eigenvalue weighted by Crippen LogP contribution is 2.22. The minimum Gasteiger partial charge on any atom is -0.497 e. The van der Waals surface area contributed by atoms with E-state index in [9.17, 15) is 9.59 Å². The average Bonchev–Trinajstić information content (AvgIpc) is 2.74. The Bertz CT molecular complexity index is 831. The molecule has 0 radical (unpaired) electrons. The van der Waals surface area contributed by atoms with Gasteiger partial charge in [-0.3, -0.25) is 9.59 Å². The molecular weight excluding hydrogens is 368 g/mol. The van der Waals surface area contributed by atoms with Crippen LogP contribution in [0.3, 0.4) is 0 Å². The molecule has 29 heavy (non-hydrogen) atoms. The maximum atomic E-state index is 12.3. The molecule has 0 saturated carbocycles. The second kappa shape index (κ2) is 9.56. The van der Waals surface area contributed by atoms with Crippen molar-refractivity contribution in [2.75, 3.05) is 31.7 Å². The van der Waals surface area contributed by atoms with E-state index in [1.165, 1.54) is 5.56 Å². The molecule has 1 fully saturated rings. The van der Waals surface area contributed by atoms with Gasteiger partial charge in [-0.25, -0.2) is 0 Å². The molecule has 154 valence electrons. The van der Waals surface area contributed by atoms with E-state index in [4.69, 9.17) is 9.47 Å². The van der Waals surface area contributed by atoms with Crippen LogP contribution in [0.5, 0.6) is 5.75 Å². The van der Waals surface area contributed by atoms with Gasteiger partial charge in [0.25, 0.3) is 5.91 Å². The van der Waals surface area contributed by atoms with E-state index in [0.717, 1.165) is 17.0 Å². The van der Waals surface area contributed by atoms with Crippen molar-refractivity contribution >= 4 is 17.5 Å². The van der Waals surface area contributed by atoms with Crippen LogP contribution < -0.4 is 15.0 Å². The predicted octanol–water partition coefficient (Wildman–Crippen LogP) is 2.91. The average molecular weight is 396 g/mol. The van der Waals surface area contributed by atoms with Crippen molar-refractivity contribution in [2.24, 2.45) is 0 Å². The van der Waals surface area contributed by atoms with E-state index in [1.54, 1.807) is 12.0 Å². The first-order valence-electron chi connectivity index (χ1n) is 9.88. The number of rotatable bonds is 7. The van der Waals surface area contributed by atoms with Crippen molar-refractivity contribution in [2.45, 2.75) is 32.3 Å². The molecule has 6 nitrogen and oxygen atoms in total. The van der Waals surface area contributed by atoms with Gasteiger partial charge in [0.15, 0.2) is 0 Å². The Morgan fingerprint density at radius 3 is 2.48 bits per heavy atom. The van der Waals surface area contributed by atoms with Gasteiger partial charge in [-0.1, -0.05) is 38.1 Å². The molecule has 2 aromatic carbocycles. The van der Waals surface area contributed by atoms with E-state index >= 15 is 0 Å². The number of nitrogens with one attached hydrogen (secondary N) is 1. The number of morpholine rings is 1. The minimum absolute atomic E-state index is 0.0188. The molecule has 2 aromatic rings. The van der Waals surface area contributed by atoms with Gasteiger partial charge in [-0.05, 0) is 41.3 Å². The molecule has 0 aliphatic carbocycles. The summed E-state index contributed by atoms with van der Waals surface area (Å²) in [5.41, 5.74) is 3.00. The minimum atomic E-state index is -0.239. The topological polar surface area (TPSA) is 67.9 Å². The third-order valence-electron chi connectivity index (χ3n) is 5.05. The Labute approximate surface area is 171 Å². The second-order valence-corrected chi connectivity index (χ2v) is 7.51. The van der Waals surface area contributed by atoms with Gasteiger partial charge in [0.2, 0.25) is 5.91 Å². The predicted molar refractivity (Wildman–Crippen MR) is 112 cm³/mol. The maximum Gasteiger partial charge on any atom is 0.253 e. The Balaban J connectivity index is 1.53. The first kappa shape index (κ1) is 20.9. The zero-order valence-electron chi connectivity index (χ0n) is 17.2. The largest absolute Gasteiger partial charge is 0.497 e. The Morgan fingerprint density at radius 2 is 1.86 bits per heavy atom. The van der Waals surface area contributed by atoms with E-state index in [1.807, 2.05) is 48.5 Å². The van der Waals surface area contributed by atoms with Crippen molar-refractivity contribution in [3.63, 3.8) is 0 Å². The van der Waals surface area contributed by atoms with Crippen molar-refractivity contribution in [1.29, 1.82) is 0 Å². The van der Waals surface area contributed by atoms with Crippen molar-refractivity contribution in [3.05, 3.63) is 59.7 Å². The molecule has 1 aliphatic rings. The fraction of sp³-hybridized carbons (Fsp3) is 0.391. The Kier molecular flexibility index (Phi) is 6.88. The van der Waals surface area contributed by atoms with Gasteiger partial charge in [-0.15, -0.1) is 0 Å². The van der Waals surface area contributed by atoms with Gasteiger partial charge >= 0.3 is 0 Å². The van der Waals surface area contributed by atoms with Crippen LogP contribution in [0.4, 0.5) is 5.69 Å². The fourth-order valence-electron chi connectivity index (χ4n) is 3.26. The lowest BCUT2D eigenvalue weighted by Crippen LogP contribution is -2.50. The fourth-order valence-corrected chi connectivity index (χ4v) is 3.26. The SMILES string of the molecule is COc1ccc(CC(=O)NCC2CN(c3ccc(C(C)C)cc3)C(=O)CO2)cc1. The Morgan fingerprint density at radius 1 is 1.17 bits per heavy atom. The highest BCUT2D eigenvalue weighted by Gasteiger charge is 2.27. The molecule has 1 N–H and O–H groups in total. The lowest BCUT2D eigenvalue weighted by atomic mass is 10.0. The summed E-state index contributed by atoms with van der Waals surface area (Å²) in [6.45, 7) is 5.08. The first-order chi connectivity index (χ1) is 14.0. The standard InChI is InChI=1S/C23H28N2O4/c1-16(2)18-6-8-19(9-7-18)25-14-21(29-15-23(25)27)13-24-22(26)12-17-4-10-20(28-3)11-5-17/h4-11,16,21H,12-15H2,1-3H3,(H,24,26). The van der Waals surface area contributed by atoms with Crippen LogP contribution in [0.1, 0.15) is 30.9 Å². The van der Waals surface area contributed by atoms with Gasteiger partial charge in [0, 0.05) is 12.2 Å². The summed E-state index contributed by atoms with van der Waals surface area (Å²) in [4.78, 5) is 26.3. The van der Waals surface area contributed by atoms with Crippen LogP contribution in [0.25, 0.3) is 0 Å². The quantitative estimate of drug-likeness (QED) is 0.781. The number of hydrogen-bond acceptors (Lipinski definition) is 4. The van der Waals surface area contributed by atoms with E-state index < -0.39 is 0 Å². The van der Waals surface area contributed by atoms with E-state index in [0.29, 0.717) is 19.0 Å². The van der Waals surface area contributed by atoms with Crippen LogP contribution in [0, 0.1) is 0 Å². The van der Waals surface area contributed by atoms with Crippen LogP contribution in [-0.2, 0) is 20.7 Å². The third-order valence-corrected chi connectivity index (χ3v) is 5.05. The Hall–Kier alpha value is -2.86. The summed E-state index contributed by atoms with van der Waals surface area (Å²) < 4.78 is 10.7. The molecule has 2 amide bonds. The molecule has 1 aliphatic heterocycles. The van der Waals surface area contributed by atoms with Crippen molar-refractivity contribution < 1.29 is 19.1 Å². The number of amides is 2. The summed E-state index contributed by atoms with van der Waals surface area (Å²) >= 11 is 0. The maximum absolute atomic E-state index is 12.3. The van der Waals surface area contributed by atoms with Gasteiger partial charge < -0.3 is 19.7 Å². The number of hydrogen-bond donors (Lipinski definition) is 1. The van der Waals surface area contributed by atoms with Crippen LogP contribution in [-0.4, -0.2) is 44.7 Å². The van der Waals surface area contributed by atoms with Gasteiger partial charge in [0.1, 0.15) is 12.4 Å². The van der Waals surface area contributed by atoms with E-state index in [-0.39, 0.29) is 30.9 Å². The van der Waals surface area contributed by atoms with Gasteiger partial charge in [-0.2, -0.15) is 0 Å². The zero-order valence-corrected chi connectivity index (χ0v) is 17.2. The molecule has 0 bridgehead atoms. The van der Waals surface area contributed by atoms with Crippen molar-refractivity contribution in [1.82, 2.24) is 5.32 Å². The second-order valence-electron chi connectivity index (χ2n) is 7.51. The number of benzene rings is 2. The van der Waals surface area contributed by atoms with Crippen LogP contribution >= 0.6 is 0 Å². The van der Waals surface area contributed by atoms with Crippen LogP contribution in [0.15, 0.2) is 48.5 Å². The summed E-state index contributed by atoms with van der Waals surface area (Å²) in [7, 11) is 1.61. The first-order valence-corrected chi connectivity index (χ1v) is 9.88. The van der Waals surface area contributed by atoms with E-state index in [2.05, 4.69) is 19.2 Å². The lowest BCUT2D eigenvalue weighted by Gasteiger charge is -2.33. The molecule has 0 aromatic heterocycles. The molecule has 1 heterocycles. The molecule has 6 heteroatoms. The third kappa shape index (κ3) is 5.57. The summed E-state index contributed by atoms with van der Waals surface area (Å²) in [5, 5.41) is 2.91. The molecule has 1 unspecified atom stereocenters. The monoisotopic (exact) mass is 396 g/mol. The molecule has 3 rings (SSSR count). The number of nitrogens with zero attached hydrogens (tertiary/aromatic N) is 1. The number of carbonyl (C=O) groups is 2. The number of ether oxygens (including phenoxy) is 2. The highest BCUT2D eigenvalue weighted by molar-refractivity contribution is 5.95. The van der Waals surface area contributed by atoms with Crippen LogP contribution in [0.2, 0.25) is 0 Å². The normalized spacial score (nSPS) is 16.8. The lowest BCUT2D eigenvalue weighted by molar-refractivity contribution is -0.129. The molecule has 0 spiro atoms. The number of carbonyl (C=O) groups excluding carboxylic acids is 2. The summed E-state index contributed by atoms with van der Waals surface area (Å²) in [6, 6.07) is 15.5. The van der Waals surface area contributed by atoms with Crippen molar-refractivity contribution in [3.8, 4) is 5.75 Å². The number of methoxy groups -OCH3 is 1. The number of anilines is 1. The molecule has 1 saturated heterocycles. The van der Waals surface area contributed by atoms with Gasteiger partial charge in [0.05, 0.1) is 26.2 Å². The zero-order chi connectivity index (χ0) is 20.8. The highest BCUT2D eigenvalue weighted by atomic mass is 16.5. The molecule has 1 atom stereocenters.